The van der Waals surface area contributed by atoms with Crippen molar-refractivity contribution in [3.8, 4) is 0 Å². The zero-order valence-electron chi connectivity index (χ0n) is 9.35. The van der Waals surface area contributed by atoms with Gasteiger partial charge in [0.1, 0.15) is 0 Å². The molecule has 2 atom stereocenters. The predicted octanol–water partition coefficient (Wildman–Crippen LogP) is 3.08. The van der Waals surface area contributed by atoms with Crippen molar-refractivity contribution in [3.63, 3.8) is 0 Å². The van der Waals surface area contributed by atoms with Crippen molar-refractivity contribution in [1.29, 1.82) is 0 Å². The van der Waals surface area contributed by atoms with Crippen LogP contribution in [0.1, 0.15) is 18.5 Å². The van der Waals surface area contributed by atoms with E-state index in [2.05, 4.69) is 27.7 Å². The van der Waals surface area contributed by atoms with E-state index in [4.69, 9.17) is 17.3 Å². The van der Waals surface area contributed by atoms with Gasteiger partial charge in [0.05, 0.1) is 15.8 Å². The summed E-state index contributed by atoms with van der Waals surface area (Å²) in [6.07, 6.45) is 3.81. The topological polar surface area (TPSA) is 43.8 Å². The molecule has 5 heteroatoms. The Balaban J connectivity index is 2.39. The fourth-order valence-corrected chi connectivity index (χ4v) is 2.36. The van der Waals surface area contributed by atoms with Crippen LogP contribution < -0.4 is 5.73 Å². The van der Waals surface area contributed by atoms with E-state index < -0.39 is 0 Å². The third-order valence-electron chi connectivity index (χ3n) is 2.56. The van der Waals surface area contributed by atoms with Crippen molar-refractivity contribution in [2.75, 3.05) is 0 Å². The lowest BCUT2D eigenvalue weighted by Crippen LogP contribution is -2.30. The number of nitrogens with two attached hydrogens (primary N) is 1. The van der Waals surface area contributed by atoms with Crippen LogP contribution in [0.3, 0.4) is 0 Å². The average molecular weight is 362 g/mol. The molecule has 0 saturated heterocycles. The van der Waals surface area contributed by atoms with E-state index in [0.717, 1.165) is 14.2 Å². The first-order chi connectivity index (χ1) is 8.08. The van der Waals surface area contributed by atoms with E-state index in [1.807, 2.05) is 48.3 Å². The van der Waals surface area contributed by atoms with E-state index in [0.29, 0.717) is 0 Å². The largest absolute Gasteiger partial charge is 0.326 e. The lowest BCUT2D eigenvalue weighted by molar-refractivity contribution is 0.454. The van der Waals surface area contributed by atoms with Gasteiger partial charge >= 0.3 is 0 Å². The number of nitrogens with zero attached hydrogens (tertiary/aromatic N) is 2. The molecule has 0 saturated carbocycles. The number of halogens is 2. The molecular weight excluding hydrogens is 349 g/mol. The lowest BCUT2D eigenvalue weighted by atomic mass is 10.0. The van der Waals surface area contributed by atoms with E-state index in [-0.39, 0.29) is 12.1 Å². The van der Waals surface area contributed by atoms with Crippen LogP contribution in [0.4, 0.5) is 0 Å². The average Bonchev–Trinajstić information content (AvgIpc) is 2.68. The Morgan fingerprint density at radius 2 is 2.00 bits per heavy atom. The molecule has 0 aliphatic carbocycles. The molecule has 1 aromatic carbocycles. The van der Waals surface area contributed by atoms with Crippen molar-refractivity contribution in [2.45, 2.75) is 19.0 Å². The zero-order valence-corrected chi connectivity index (χ0v) is 12.3. The summed E-state index contributed by atoms with van der Waals surface area (Å²) in [5, 5.41) is 5.06. The van der Waals surface area contributed by atoms with Crippen LogP contribution in [0, 0.1) is 3.57 Å². The van der Waals surface area contributed by atoms with E-state index in [1.165, 1.54) is 0 Å². The van der Waals surface area contributed by atoms with Gasteiger partial charge in [-0.15, -0.1) is 0 Å². The van der Waals surface area contributed by atoms with E-state index >= 15 is 0 Å². The monoisotopic (exact) mass is 361 g/mol. The fourth-order valence-electron chi connectivity index (χ4n) is 1.82. The van der Waals surface area contributed by atoms with Crippen molar-refractivity contribution < 1.29 is 0 Å². The Bertz CT molecular complexity index is 493. The quantitative estimate of drug-likeness (QED) is 0.854. The second kappa shape index (κ2) is 5.37. The number of benzene rings is 1. The van der Waals surface area contributed by atoms with Gasteiger partial charge in [-0.1, -0.05) is 23.7 Å². The van der Waals surface area contributed by atoms with Gasteiger partial charge in [0.15, 0.2) is 0 Å². The maximum atomic E-state index is 6.05. The molecule has 17 heavy (non-hydrogen) atoms. The molecule has 0 amide bonds. The van der Waals surface area contributed by atoms with E-state index in [1.54, 1.807) is 0 Å². The molecule has 1 heterocycles. The lowest BCUT2D eigenvalue weighted by Gasteiger charge is -2.21. The van der Waals surface area contributed by atoms with Gasteiger partial charge in [-0.25, -0.2) is 0 Å². The maximum Gasteiger partial charge on any atom is 0.0916 e. The highest BCUT2D eigenvalue weighted by atomic mass is 127. The summed E-state index contributed by atoms with van der Waals surface area (Å²) >= 11 is 8.13. The maximum absolute atomic E-state index is 6.05. The van der Waals surface area contributed by atoms with E-state index in [9.17, 15) is 0 Å². The molecule has 2 N–H and O–H groups in total. The van der Waals surface area contributed by atoms with Crippen molar-refractivity contribution in [1.82, 2.24) is 9.78 Å². The van der Waals surface area contributed by atoms with Crippen LogP contribution in [0.2, 0.25) is 5.02 Å². The molecular formula is C12H13ClIN3. The molecule has 2 rings (SSSR count). The summed E-state index contributed by atoms with van der Waals surface area (Å²) in [6.45, 7) is 1.98. The number of aromatic nitrogens is 2. The van der Waals surface area contributed by atoms with Gasteiger partial charge in [0.2, 0.25) is 0 Å². The number of rotatable bonds is 3. The van der Waals surface area contributed by atoms with Crippen LogP contribution in [0.25, 0.3) is 0 Å². The Hall–Kier alpha value is -0.590. The minimum atomic E-state index is -0.0214. The second-order valence-corrected chi connectivity index (χ2v) is 5.68. The molecule has 2 aromatic rings. The van der Waals surface area contributed by atoms with Gasteiger partial charge in [-0.2, -0.15) is 5.10 Å². The standard InChI is InChI=1S/C12H13ClIN3/c1-8(15)12(17-7-11(14)6-16-17)9-2-4-10(13)5-3-9/h2-8,12H,15H2,1H3. The van der Waals surface area contributed by atoms with Crippen molar-refractivity contribution >= 4 is 34.2 Å². The molecule has 90 valence electrons. The summed E-state index contributed by atoms with van der Waals surface area (Å²) in [6, 6.07) is 7.75. The number of hydrogen-bond donors (Lipinski definition) is 1. The molecule has 0 fully saturated rings. The van der Waals surface area contributed by atoms with Crippen LogP contribution in [-0.4, -0.2) is 15.8 Å². The Kier molecular flexibility index (Phi) is 4.06. The predicted molar refractivity (Wildman–Crippen MR) is 78.2 cm³/mol. The van der Waals surface area contributed by atoms with Gasteiger partial charge in [0.25, 0.3) is 0 Å². The fraction of sp³-hybridized carbons (Fsp3) is 0.250. The molecule has 0 radical (unpaired) electrons. The van der Waals surface area contributed by atoms with Crippen LogP contribution in [-0.2, 0) is 0 Å². The Labute approximate surface area is 119 Å². The molecule has 0 bridgehead atoms. The molecule has 1 aromatic heterocycles. The highest BCUT2D eigenvalue weighted by Gasteiger charge is 2.18. The van der Waals surface area contributed by atoms with Gasteiger partial charge in [-0.05, 0) is 47.2 Å². The minimum Gasteiger partial charge on any atom is -0.326 e. The molecule has 3 nitrogen and oxygen atoms in total. The van der Waals surface area contributed by atoms with Crippen molar-refractivity contribution in [3.05, 3.63) is 50.8 Å². The second-order valence-electron chi connectivity index (χ2n) is 3.99. The van der Waals surface area contributed by atoms with Gasteiger partial charge in [-0.3, -0.25) is 4.68 Å². The molecule has 0 aliphatic rings. The van der Waals surface area contributed by atoms with Gasteiger partial charge in [0, 0.05) is 17.3 Å². The first kappa shape index (κ1) is 12.9. The summed E-state index contributed by atoms with van der Waals surface area (Å²) < 4.78 is 3.00. The molecule has 2 unspecified atom stereocenters. The van der Waals surface area contributed by atoms with Gasteiger partial charge < -0.3 is 5.73 Å². The normalized spacial score (nSPS) is 14.6. The smallest absolute Gasteiger partial charge is 0.0916 e. The minimum absolute atomic E-state index is 0.0214. The first-order valence-electron chi connectivity index (χ1n) is 5.28. The van der Waals surface area contributed by atoms with Crippen LogP contribution in [0.5, 0.6) is 0 Å². The Morgan fingerprint density at radius 3 is 2.47 bits per heavy atom. The highest BCUT2D eigenvalue weighted by molar-refractivity contribution is 14.1. The summed E-state index contributed by atoms with van der Waals surface area (Å²) in [7, 11) is 0. The summed E-state index contributed by atoms with van der Waals surface area (Å²) in [5.41, 5.74) is 7.17. The molecule has 0 spiro atoms. The number of hydrogen-bond acceptors (Lipinski definition) is 2. The van der Waals surface area contributed by atoms with Crippen LogP contribution >= 0.6 is 34.2 Å². The summed E-state index contributed by atoms with van der Waals surface area (Å²) in [5.74, 6) is 0. The highest BCUT2D eigenvalue weighted by Crippen LogP contribution is 2.23. The summed E-state index contributed by atoms with van der Waals surface area (Å²) in [4.78, 5) is 0. The zero-order chi connectivity index (χ0) is 12.4. The Morgan fingerprint density at radius 1 is 1.35 bits per heavy atom. The van der Waals surface area contributed by atoms with Crippen LogP contribution in [0.15, 0.2) is 36.7 Å². The first-order valence-corrected chi connectivity index (χ1v) is 6.74. The molecule has 0 aliphatic heterocycles. The van der Waals surface area contributed by atoms with Crippen molar-refractivity contribution in [2.24, 2.45) is 5.73 Å². The SMILES string of the molecule is CC(N)C(c1ccc(Cl)cc1)n1cc(I)cn1. The third kappa shape index (κ3) is 3.00. The third-order valence-corrected chi connectivity index (χ3v) is 3.37.